The van der Waals surface area contributed by atoms with E-state index in [0.717, 1.165) is 51.4 Å². The summed E-state index contributed by atoms with van der Waals surface area (Å²) in [5.74, 6) is -0.0643. The van der Waals surface area contributed by atoms with Gasteiger partial charge in [-0.3, -0.25) is 9.59 Å². The van der Waals surface area contributed by atoms with Gasteiger partial charge in [0.2, 0.25) is 5.91 Å². The first-order valence-electron chi connectivity index (χ1n) is 32.9. The molecule has 0 spiro atoms. The van der Waals surface area contributed by atoms with Crippen LogP contribution in [-0.2, 0) is 14.3 Å². The maximum atomic E-state index is 12.5. The van der Waals surface area contributed by atoms with Gasteiger partial charge in [0, 0.05) is 12.8 Å². The fourth-order valence-electron chi connectivity index (χ4n) is 10.0. The quantitative estimate of drug-likeness (QED) is 0.0320. The highest BCUT2D eigenvalue weighted by Crippen LogP contribution is 2.17. The number of ether oxygens (including phenoxy) is 1. The molecule has 434 valence electrons. The predicted molar refractivity (Wildman–Crippen MR) is 324 cm³/mol. The van der Waals surface area contributed by atoms with Crippen molar-refractivity contribution >= 4 is 11.9 Å². The lowest BCUT2D eigenvalue weighted by atomic mass is 10.0. The molecular formula is C68H127NO5. The Labute approximate surface area is 461 Å². The van der Waals surface area contributed by atoms with Crippen molar-refractivity contribution in [3.8, 4) is 0 Å². The van der Waals surface area contributed by atoms with E-state index >= 15 is 0 Å². The SMILES string of the molecule is CCCCCCCC/C=C\CCCCCCCCCC(=O)OCCCCCCCCCCC/C=C\C/C=C\CCCCCCCCCCCCCC(=O)NC(CO)C(O)/C=C/CCCCCCCCCCCCC. The Balaban J connectivity index is 3.42. The third kappa shape index (κ3) is 59.1. The minimum absolute atomic E-state index is 0.00678. The van der Waals surface area contributed by atoms with E-state index in [1.165, 1.54) is 270 Å². The van der Waals surface area contributed by atoms with Crippen molar-refractivity contribution in [2.45, 2.75) is 360 Å². The second-order valence-corrected chi connectivity index (χ2v) is 22.4. The van der Waals surface area contributed by atoms with Crippen molar-refractivity contribution in [1.29, 1.82) is 0 Å². The highest BCUT2D eigenvalue weighted by Gasteiger charge is 2.18. The number of unbranched alkanes of at least 4 members (excludes halogenated alkanes) is 44. The lowest BCUT2D eigenvalue weighted by molar-refractivity contribution is -0.143. The normalized spacial score (nSPS) is 12.9. The molecule has 74 heavy (non-hydrogen) atoms. The van der Waals surface area contributed by atoms with E-state index in [1.807, 2.05) is 6.08 Å². The zero-order valence-electron chi connectivity index (χ0n) is 49.6. The van der Waals surface area contributed by atoms with Crippen LogP contribution in [0.4, 0.5) is 0 Å². The second kappa shape index (κ2) is 63.4. The van der Waals surface area contributed by atoms with E-state index in [0.29, 0.717) is 19.4 Å². The number of allylic oxidation sites excluding steroid dienone is 7. The summed E-state index contributed by atoms with van der Waals surface area (Å²) >= 11 is 0. The van der Waals surface area contributed by atoms with Gasteiger partial charge in [-0.2, -0.15) is 0 Å². The van der Waals surface area contributed by atoms with Crippen LogP contribution in [-0.4, -0.2) is 47.4 Å². The van der Waals surface area contributed by atoms with Gasteiger partial charge in [0.25, 0.3) is 0 Å². The average molecular weight is 1040 g/mol. The molecule has 0 aliphatic rings. The Bertz CT molecular complexity index is 1240. The highest BCUT2D eigenvalue weighted by molar-refractivity contribution is 5.76. The Morgan fingerprint density at radius 2 is 0.676 bits per heavy atom. The minimum atomic E-state index is -0.846. The maximum absolute atomic E-state index is 12.5. The maximum Gasteiger partial charge on any atom is 0.305 e. The zero-order chi connectivity index (χ0) is 53.6. The van der Waals surface area contributed by atoms with Crippen molar-refractivity contribution in [3.63, 3.8) is 0 Å². The summed E-state index contributed by atoms with van der Waals surface area (Å²) in [7, 11) is 0. The van der Waals surface area contributed by atoms with Gasteiger partial charge in [0.15, 0.2) is 0 Å². The fraction of sp³-hybridized carbons (Fsp3) is 0.853. The number of aliphatic hydroxyl groups is 2. The van der Waals surface area contributed by atoms with Gasteiger partial charge in [-0.1, -0.05) is 294 Å². The van der Waals surface area contributed by atoms with Crippen LogP contribution in [0.2, 0.25) is 0 Å². The number of nitrogens with one attached hydrogen (secondary N) is 1. The Morgan fingerprint density at radius 1 is 0.378 bits per heavy atom. The van der Waals surface area contributed by atoms with Gasteiger partial charge in [-0.15, -0.1) is 0 Å². The van der Waals surface area contributed by atoms with Crippen LogP contribution in [0, 0.1) is 0 Å². The molecule has 0 aromatic carbocycles. The molecule has 0 aliphatic carbocycles. The second-order valence-electron chi connectivity index (χ2n) is 22.4. The van der Waals surface area contributed by atoms with E-state index < -0.39 is 12.1 Å². The van der Waals surface area contributed by atoms with Crippen molar-refractivity contribution in [2.24, 2.45) is 0 Å². The van der Waals surface area contributed by atoms with Crippen LogP contribution in [0.25, 0.3) is 0 Å². The predicted octanol–water partition coefficient (Wildman–Crippen LogP) is 20.9. The van der Waals surface area contributed by atoms with Crippen molar-refractivity contribution < 1.29 is 24.5 Å². The minimum Gasteiger partial charge on any atom is -0.466 e. The summed E-state index contributed by atoms with van der Waals surface area (Å²) in [5, 5.41) is 23.1. The third-order valence-electron chi connectivity index (χ3n) is 15.1. The standard InChI is InChI=1S/C68H127NO5/c1-3-5-7-9-11-13-15-17-18-30-34-38-42-46-50-54-58-62-68(73)74-63-59-55-51-47-43-39-35-32-29-27-25-23-21-19-20-22-24-26-28-31-33-37-41-45-49-53-57-61-67(72)69-65(64-70)66(71)60-56-52-48-44-40-36-16-14-12-10-8-6-4-2/h17-20,23,25,56,60,65-66,70-71H,3-16,21-22,24,26-55,57-59,61-64H2,1-2H3,(H,69,72)/b18-17-,20-19-,25-23-,60-56+. The number of carbonyl (C=O) groups is 2. The van der Waals surface area contributed by atoms with Crippen molar-refractivity contribution in [3.05, 3.63) is 48.6 Å². The largest absolute Gasteiger partial charge is 0.466 e. The van der Waals surface area contributed by atoms with Gasteiger partial charge >= 0.3 is 5.97 Å². The molecule has 0 radical (unpaired) electrons. The molecule has 2 atom stereocenters. The molecule has 1 amide bonds. The van der Waals surface area contributed by atoms with Crippen molar-refractivity contribution in [2.75, 3.05) is 13.2 Å². The first-order chi connectivity index (χ1) is 36.5. The molecule has 0 saturated heterocycles. The smallest absolute Gasteiger partial charge is 0.305 e. The molecule has 6 nitrogen and oxygen atoms in total. The number of carbonyl (C=O) groups excluding carboxylic acids is 2. The van der Waals surface area contributed by atoms with E-state index in [2.05, 4.69) is 55.6 Å². The van der Waals surface area contributed by atoms with Crippen LogP contribution < -0.4 is 5.32 Å². The van der Waals surface area contributed by atoms with Crippen LogP contribution in [0.5, 0.6) is 0 Å². The molecule has 0 rings (SSSR count). The van der Waals surface area contributed by atoms with Crippen LogP contribution in [0.3, 0.4) is 0 Å². The summed E-state index contributed by atoms with van der Waals surface area (Å²) in [6.07, 6.45) is 81.7. The molecule has 0 bridgehead atoms. The third-order valence-corrected chi connectivity index (χ3v) is 15.1. The number of rotatable bonds is 61. The van der Waals surface area contributed by atoms with E-state index in [9.17, 15) is 19.8 Å². The summed E-state index contributed by atoms with van der Waals surface area (Å²) in [6, 6.07) is -0.630. The van der Waals surface area contributed by atoms with E-state index in [1.54, 1.807) is 6.08 Å². The molecule has 0 saturated carbocycles. The monoisotopic (exact) mass is 1040 g/mol. The van der Waals surface area contributed by atoms with Crippen molar-refractivity contribution in [1.82, 2.24) is 5.32 Å². The summed E-state index contributed by atoms with van der Waals surface area (Å²) in [6.45, 7) is 4.90. The van der Waals surface area contributed by atoms with Crippen LogP contribution in [0.15, 0.2) is 48.6 Å². The Morgan fingerprint density at radius 3 is 1.04 bits per heavy atom. The molecule has 0 aromatic rings. The van der Waals surface area contributed by atoms with E-state index in [-0.39, 0.29) is 18.5 Å². The number of hydrogen-bond acceptors (Lipinski definition) is 5. The van der Waals surface area contributed by atoms with Gasteiger partial charge in [0.1, 0.15) is 0 Å². The van der Waals surface area contributed by atoms with Gasteiger partial charge in [0.05, 0.1) is 25.4 Å². The highest BCUT2D eigenvalue weighted by atomic mass is 16.5. The van der Waals surface area contributed by atoms with Crippen LogP contribution in [0.1, 0.15) is 348 Å². The lowest BCUT2D eigenvalue weighted by Gasteiger charge is -2.20. The van der Waals surface area contributed by atoms with Gasteiger partial charge in [-0.05, 0) is 89.9 Å². The Hall–Kier alpha value is -2.18. The number of hydrogen-bond donors (Lipinski definition) is 3. The summed E-state index contributed by atoms with van der Waals surface area (Å²) < 4.78 is 5.49. The topological polar surface area (TPSA) is 95.9 Å². The molecule has 0 aliphatic heterocycles. The molecular weight excluding hydrogens is 911 g/mol. The summed E-state index contributed by atoms with van der Waals surface area (Å²) in [5.41, 5.74) is 0. The van der Waals surface area contributed by atoms with Crippen LogP contribution >= 0.6 is 0 Å². The Kier molecular flexibility index (Phi) is 61.5. The number of amides is 1. The molecule has 6 heteroatoms. The summed E-state index contributed by atoms with van der Waals surface area (Å²) in [4.78, 5) is 24.5. The molecule has 3 N–H and O–H groups in total. The molecule has 0 aromatic heterocycles. The zero-order valence-corrected chi connectivity index (χ0v) is 49.6. The average Bonchev–Trinajstić information content (AvgIpc) is 3.40. The van der Waals surface area contributed by atoms with E-state index in [4.69, 9.17) is 4.74 Å². The molecule has 0 heterocycles. The number of aliphatic hydroxyl groups excluding tert-OH is 2. The first-order valence-corrected chi connectivity index (χ1v) is 32.9. The van der Waals surface area contributed by atoms with Gasteiger partial charge in [-0.25, -0.2) is 0 Å². The van der Waals surface area contributed by atoms with Gasteiger partial charge < -0.3 is 20.3 Å². The first kappa shape index (κ1) is 71.8. The lowest BCUT2D eigenvalue weighted by Crippen LogP contribution is -2.45. The number of esters is 1. The molecule has 2 unspecified atom stereocenters. The fourth-order valence-corrected chi connectivity index (χ4v) is 10.0. The molecule has 0 fully saturated rings.